The molecule has 14 nitrogen and oxygen atoms in total. The van der Waals surface area contributed by atoms with Gasteiger partial charge < -0.3 is 10.4 Å². The molecule has 4 aromatic carbocycles. The first kappa shape index (κ1) is 32.5. The number of imide groups is 1. The van der Waals surface area contributed by atoms with Crippen LogP contribution in [-0.2, 0) is 42.9 Å². The maximum Gasteiger partial charge on any atom is 0.329 e. The Balaban J connectivity index is 1.02. The first-order valence-electron chi connectivity index (χ1n) is 15.5. The van der Waals surface area contributed by atoms with Gasteiger partial charge in [-0.25, -0.2) is 18.2 Å². The number of aromatic nitrogens is 2. The van der Waals surface area contributed by atoms with Gasteiger partial charge in [0.15, 0.2) is 5.82 Å². The van der Waals surface area contributed by atoms with E-state index in [9.17, 15) is 37.5 Å². The number of rotatable bonds is 7. The molecule has 2 fully saturated rings. The molecule has 0 bridgehead atoms. The second-order valence-corrected chi connectivity index (χ2v) is 13.8. The van der Waals surface area contributed by atoms with Crippen LogP contribution in [0.2, 0.25) is 0 Å². The predicted molar refractivity (Wildman–Crippen MR) is 181 cm³/mol. The molecular formula is C34H29FN6O8S. The lowest BCUT2D eigenvalue weighted by Crippen LogP contribution is -2.44. The van der Waals surface area contributed by atoms with Crippen LogP contribution < -0.4 is 25.4 Å². The number of amides is 4. The van der Waals surface area contributed by atoms with Crippen molar-refractivity contribution < 1.29 is 37.1 Å². The van der Waals surface area contributed by atoms with Crippen LogP contribution in [0.15, 0.2) is 71.5 Å². The van der Waals surface area contributed by atoms with Gasteiger partial charge in [-0.1, -0.05) is 30.3 Å². The van der Waals surface area contributed by atoms with Gasteiger partial charge in [-0.15, -0.1) is 0 Å². The molecule has 2 saturated heterocycles. The SMILES string of the molecule is Cn1c(=O)n(C2CCC(=O)NC2=O)c2ccc(-c3ccc(CCC(=O)Nc4ccc5c(F)c(N6CC(=O)NS6(=O)=O)c(O)cc5c4)cc3)cc21. The first-order chi connectivity index (χ1) is 23.8. The van der Waals surface area contributed by atoms with Gasteiger partial charge >= 0.3 is 15.9 Å². The molecular weight excluding hydrogens is 671 g/mol. The lowest BCUT2D eigenvalue weighted by atomic mass is 10.0. The zero-order valence-electron chi connectivity index (χ0n) is 26.4. The van der Waals surface area contributed by atoms with Crippen molar-refractivity contribution in [2.45, 2.75) is 31.7 Å². The zero-order chi connectivity index (χ0) is 35.5. The summed E-state index contributed by atoms with van der Waals surface area (Å²) in [6.07, 6.45) is 0.947. The Labute approximate surface area is 283 Å². The van der Waals surface area contributed by atoms with Crippen molar-refractivity contribution in [2.75, 3.05) is 16.2 Å². The number of aromatic hydroxyl groups is 1. The number of anilines is 2. The maximum atomic E-state index is 15.4. The van der Waals surface area contributed by atoms with Gasteiger partial charge in [0.1, 0.15) is 24.0 Å². The molecule has 1 aromatic heterocycles. The lowest BCUT2D eigenvalue weighted by molar-refractivity contribution is -0.135. The van der Waals surface area contributed by atoms with Crippen molar-refractivity contribution in [1.29, 1.82) is 0 Å². The molecule has 7 rings (SSSR count). The van der Waals surface area contributed by atoms with E-state index in [1.165, 1.54) is 27.3 Å². The highest BCUT2D eigenvalue weighted by atomic mass is 32.2. The lowest BCUT2D eigenvalue weighted by Gasteiger charge is -2.21. The van der Waals surface area contributed by atoms with E-state index < -0.39 is 51.9 Å². The van der Waals surface area contributed by atoms with E-state index in [4.69, 9.17) is 0 Å². The van der Waals surface area contributed by atoms with Gasteiger partial charge in [-0.2, -0.15) is 8.42 Å². The molecule has 0 saturated carbocycles. The van der Waals surface area contributed by atoms with Crippen molar-refractivity contribution in [3.63, 3.8) is 0 Å². The number of halogens is 1. The number of benzene rings is 4. The summed E-state index contributed by atoms with van der Waals surface area (Å²) in [4.78, 5) is 61.6. The fourth-order valence-electron chi connectivity index (χ4n) is 6.42. The Morgan fingerprint density at radius 3 is 2.40 bits per heavy atom. The summed E-state index contributed by atoms with van der Waals surface area (Å²) in [5.41, 5.74) is 3.18. The molecule has 50 heavy (non-hydrogen) atoms. The van der Waals surface area contributed by atoms with E-state index in [-0.39, 0.29) is 47.5 Å². The van der Waals surface area contributed by atoms with Crippen LogP contribution >= 0.6 is 0 Å². The second kappa shape index (κ2) is 12.1. The zero-order valence-corrected chi connectivity index (χ0v) is 27.2. The third-order valence-corrected chi connectivity index (χ3v) is 10.3. The molecule has 2 aliphatic heterocycles. The average Bonchev–Trinajstić information content (AvgIpc) is 3.48. The normalized spacial score (nSPS) is 17.3. The maximum absolute atomic E-state index is 15.4. The molecule has 0 radical (unpaired) electrons. The van der Waals surface area contributed by atoms with Gasteiger partial charge in [0.2, 0.25) is 17.7 Å². The summed E-state index contributed by atoms with van der Waals surface area (Å²) in [7, 11) is -2.71. The molecule has 3 heterocycles. The number of fused-ring (bicyclic) bond motifs is 2. The van der Waals surface area contributed by atoms with Crippen LogP contribution in [0.25, 0.3) is 32.9 Å². The van der Waals surface area contributed by atoms with E-state index in [0.29, 0.717) is 27.4 Å². The fourth-order valence-corrected chi connectivity index (χ4v) is 7.58. The molecule has 256 valence electrons. The monoisotopic (exact) mass is 700 g/mol. The van der Waals surface area contributed by atoms with Crippen LogP contribution in [0.1, 0.15) is 30.9 Å². The average molecular weight is 701 g/mol. The van der Waals surface area contributed by atoms with Crippen molar-refractivity contribution in [3.05, 3.63) is 88.6 Å². The van der Waals surface area contributed by atoms with Gasteiger partial charge in [0.05, 0.1) is 11.0 Å². The topological polar surface area (TPSA) is 189 Å². The van der Waals surface area contributed by atoms with Gasteiger partial charge in [0.25, 0.3) is 5.91 Å². The number of hydrogen-bond donors (Lipinski definition) is 4. The number of phenolic OH excluding ortho intramolecular Hbond substituents is 1. The summed E-state index contributed by atoms with van der Waals surface area (Å²) >= 11 is 0. The third-order valence-electron chi connectivity index (χ3n) is 8.92. The summed E-state index contributed by atoms with van der Waals surface area (Å²) in [5, 5.41) is 15.7. The minimum absolute atomic E-state index is 0.0151. The smallest absolute Gasteiger partial charge is 0.329 e. The van der Waals surface area contributed by atoms with Crippen LogP contribution in [0.3, 0.4) is 0 Å². The molecule has 4 amide bonds. The summed E-state index contributed by atoms with van der Waals surface area (Å²) in [6.45, 7) is -0.671. The highest BCUT2D eigenvalue weighted by Crippen LogP contribution is 2.39. The number of piperidine rings is 1. The van der Waals surface area contributed by atoms with Gasteiger partial charge in [-0.3, -0.25) is 33.6 Å². The number of carbonyl (C=O) groups excluding carboxylic acids is 4. The molecule has 0 spiro atoms. The Morgan fingerprint density at radius 2 is 1.70 bits per heavy atom. The predicted octanol–water partition coefficient (Wildman–Crippen LogP) is 2.73. The number of nitrogens with zero attached hydrogens (tertiary/aromatic N) is 3. The van der Waals surface area contributed by atoms with Crippen LogP contribution in [0.5, 0.6) is 5.75 Å². The quantitative estimate of drug-likeness (QED) is 0.187. The summed E-state index contributed by atoms with van der Waals surface area (Å²) in [5.74, 6) is -3.73. The van der Waals surface area contributed by atoms with Crippen LogP contribution in [0.4, 0.5) is 15.8 Å². The Morgan fingerprint density at radius 1 is 0.960 bits per heavy atom. The molecule has 1 unspecified atom stereocenters. The third kappa shape index (κ3) is 5.72. The molecule has 16 heteroatoms. The number of phenols is 1. The molecule has 5 aromatic rings. The van der Waals surface area contributed by atoms with Crippen molar-refractivity contribution in [1.82, 2.24) is 19.2 Å². The molecule has 2 aliphatic rings. The Hall–Kier alpha value is -6.03. The van der Waals surface area contributed by atoms with Gasteiger partial charge in [0, 0.05) is 31.0 Å². The van der Waals surface area contributed by atoms with Gasteiger partial charge in [-0.05, 0) is 71.3 Å². The van der Waals surface area contributed by atoms with E-state index in [1.807, 2.05) is 36.4 Å². The highest BCUT2D eigenvalue weighted by molar-refractivity contribution is 7.92. The molecule has 1 atom stereocenters. The Kier molecular flexibility index (Phi) is 7.89. The number of nitrogens with one attached hydrogen (secondary N) is 3. The standard InChI is InChI=1S/C34H29FN6O8S/c1-39-26-15-20(7-10-24(26)41(34(39)47)25-11-13-29(44)37-33(25)46)19-5-2-18(3-6-19)4-12-28(43)36-22-8-9-23-21(14-22)16-27(42)32(31(23)35)40-17-30(45)38-50(40,48)49/h2-3,5-10,14-16,25,42H,4,11-13,17H2,1H3,(H,36,43)(H,38,45)(H,37,44,46). The minimum atomic E-state index is -4.34. The van der Waals surface area contributed by atoms with Crippen LogP contribution in [0, 0.1) is 5.82 Å². The summed E-state index contributed by atoms with van der Waals surface area (Å²) < 4.78 is 44.9. The largest absolute Gasteiger partial charge is 0.506 e. The molecule has 0 aliphatic carbocycles. The Bertz CT molecular complexity index is 2460. The second-order valence-electron chi connectivity index (χ2n) is 12.2. The summed E-state index contributed by atoms with van der Waals surface area (Å²) in [6, 6.07) is 17.7. The van der Waals surface area contributed by atoms with E-state index in [0.717, 1.165) is 22.8 Å². The number of imidazole rings is 1. The highest BCUT2D eigenvalue weighted by Gasteiger charge is 2.38. The van der Waals surface area contributed by atoms with E-state index in [1.54, 1.807) is 17.8 Å². The fraction of sp³-hybridized carbons (Fsp3) is 0.206. The van der Waals surface area contributed by atoms with Crippen molar-refractivity contribution in [2.24, 2.45) is 7.05 Å². The minimum Gasteiger partial charge on any atom is -0.506 e. The van der Waals surface area contributed by atoms with E-state index in [2.05, 4.69) is 10.6 Å². The van der Waals surface area contributed by atoms with Crippen molar-refractivity contribution in [3.8, 4) is 16.9 Å². The van der Waals surface area contributed by atoms with Crippen molar-refractivity contribution >= 4 is 67.0 Å². The molecule has 4 N–H and O–H groups in total. The number of aryl methyl sites for hydroxylation is 2. The number of hydrogen-bond acceptors (Lipinski definition) is 8. The van der Waals surface area contributed by atoms with Crippen LogP contribution in [-0.4, -0.2) is 52.8 Å². The number of carbonyl (C=O) groups is 4. The van der Waals surface area contributed by atoms with E-state index >= 15 is 4.39 Å². The first-order valence-corrected chi connectivity index (χ1v) is 17.0.